The molecule has 1 N–H and O–H groups in total. The van der Waals surface area contributed by atoms with Crippen LogP contribution in [0.1, 0.15) is 21.6 Å². The van der Waals surface area contributed by atoms with Crippen LogP contribution < -0.4 is 10.1 Å². The van der Waals surface area contributed by atoms with Crippen molar-refractivity contribution in [1.82, 2.24) is 14.1 Å². The number of nitrogens with zero attached hydrogens (tertiary/aromatic N) is 2. The Labute approximate surface area is 138 Å². The van der Waals surface area contributed by atoms with Crippen LogP contribution in [-0.2, 0) is 13.2 Å². The van der Waals surface area contributed by atoms with Gasteiger partial charge in [-0.2, -0.15) is 8.75 Å². The minimum atomic E-state index is -0.239. The number of carbonyl (C=O) groups excluding carboxylic acids is 1. The second-order valence-corrected chi connectivity index (χ2v) is 5.41. The molecule has 1 amide bonds. The summed E-state index contributed by atoms with van der Waals surface area (Å²) < 4.78 is 13.6. The Hall–Kier alpha value is -2.73. The first kappa shape index (κ1) is 15.2. The molecular formula is C17H15N3O2S. The van der Waals surface area contributed by atoms with Crippen molar-refractivity contribution in [2.45, 2.75) is 13.2 Å². The van der Waals surface area contributed by atoms with Gasteiger partial charge in [0, 0.05) is 12.1 Å². The van der Waals surface area contributed by atoms with Gasteiger partial charge in [0.25, 0.3) is 5.91 Å². The maximum atomic E-state index is 11.9. The van der Waals surface area contributed by atoms with Gasteiger partial charge in [-0.1, -0.05) is 48.5 Å². The molecule has 0 fully saturated rings. The Morgan fingerprint density at radius 3 is 2.65 bits per heavy atom. The Morgan fingerprint density at radius 1 is 1.09 bits per heavy atom. The Kier molecular flexibility index (Phi) is 4.95. The molecule has 0 aliphatic rings. The van der Waals surface area contributed by atoms with Crippen LogP contribution in [0.25, 0.3) is 0 Å². The van der Waals surface area contributed by atoms with E-state index in [1.807, 2.05) is 54.6 Å². The monoisotopic (exact) mass is 325 g/mol. The molecule has 0 saturated heterocycles. The molecule has 6 heteroatoms. The fourth-order valence-electron chi connectivity index (χ4n) is 2.06. The standard InChI is InChI=1S/C17H15N3O2S/c21-17(15-11-19-23-20-15)18-10-14-8-4-5-9-16(14)22-12-13-6-2-1-3-7-13/h1-9,11H,10,12H2,(H,18,21). The second kappa shape index (κ2) is 7.51. The molecule has 0 unspecified atom stereocenters. The summed E-state index contributed by atoms with van der Waals surface area (Å²) in [5.74, 6) is 0.518. The van der Waals surface area contributed by atoms with E-state index in [0.717, 1.165) is 28.6 Å². The van der Waals surface area contributed by atoms with Gasteiger partial charge in [-0.05, 0) is 11.6 Å². The lowest BCUT2D eigenvalue weighted by molar-refractivity contribution is 0.0946. The third-order valence-corrected chi connectivity index (χ3v) is 3.72. The van der Waals surface area contributed by atoms with E-state index in [4.69, 9.17) is 4.74 Å². The highest BCUT2D eigenvalue weighted by Gasteiger charge is 2.10. The van der Waals surface area contributed by atoms with Gasteiger partial charge in [0.1, 0.15) is 12.4 Å². The number of nitrogens with one attached hydrogen (secondary N) is 1. The van der Waals surface area contributed by atoms with E-state index in [0.29, 0.717) is 18.8 Å². The highest BCUT2D eigenvalue weighted by atomic mass is 32.1. The zero-order valence-electron chi connectivity index (χ0n) is 12.3. The molecule has 0 aliphatic heterocycles. The van der Waals surface area contributed by atoms with Crippen molar-refractivity contribution in [3.05, 3.63) is 77.6 Å². The SMILES string of the molecule is O=C(NCc1ccccc1OCc1ccccc1)c1cnsn1. The highest BCUT2D eigenvalue weighted by molar-refractivity contribution is 6.99. The number of benzene rings is 2. The quantitative estimate of drug-likeness (QED) is 0.756. The summed E-state index contributed by atoms with van der Waals surface area (Å²) in [5, 5.41) is 2.83. The van der Waals surface area contributed by atoms with Crippen LogP contribution in [0.3, 0.4) is 0 Å². The first-order valence-electron chi connectivity index (χ1n) is 7.13. The molecule has 116 valence electrons. The summed E-state index contributed by atoms with van der Waals surface area (Å²) in [5.41, 5.74) is 2.34. The normalized spacial score (nSPS) is 10.3. The van der Waals surface area contributed by atoms with Crippen molar-refractivity contribution in [3.63, 3.8) is 0 Å². The molecule has 23 heavy (non-hydrogen) atoms. The summed E-state index contributed by atoms with van der Waals surface area (Å²) in [6, 6.07) is 17.6. The molecule has 1 aromatic heterocycles. The number of para-hydroxylation sites is 1. The van der Waals surface area contributed by atoms with E-state index in [9.17, 15) is 4.79 Å². The van der Waals surface area contributed by atoms with Crippen LogP contribution in [0.2, 0.25) is 0 Å². The third-order valence-electron chi connectivity index (χ3n) is 3.24. The predicted molar refractivity (Wildman–Crippen MR) is 88.3 cm³/mol. The number of aromatic nitrogens is 2. The number of carbonyl (C=O) groups is 1. The van der Waals surface area contributed by atoms with Crippen LogP contribution in [-0.4, -0.2) is 14.7 Å². The van der Waals surface area contributed by atoms with Crippen molar-refractivity contribution < 1.29 is 9.53 Å². The Bertz CT molecular complexity index is 761. The smallest absolute Gasteiger partial charge is 0.272 e. The summed E-state index contributed by atoms with van der Waals surface area (Å²) >= 11 is 1.01. The highest BCUT2D eigenvalue weighted by Crippen LogP contribution is 2.19. The molecule has 0 saturated carbocycles. The number of rotatable bonds is 6. The minimum Gasteiger partial charge on any atom is -0.489 e. The van der Waals surface area contributed by atoms with Gasteiger partial charge in [-0.15, -0.1) is 0 Å². The Morgan fingerprint density at radius 2 is 1.87 bits per heavy atom. The largest absolute Gasteiger partial charge is 0.489 e. The maximum absolute atomic E-state index is 11.9. The Balaban J connectivity index is 1.62. The number of ether oxygens (including phenoxy) is 1. The van der Waals surface area contributed by atoms with Crippen LogP contribution in [0.5, 0.6) is 5.75 Å². The van der Waals surface area contributed by atoms with Gasteiger partial charge in [-0.25, -0.2) is 0 Å². The fraction of sp³-hybridized carbons (Fsp3) is 0.118. The zero-order chi connectivity index (χ0) is 15.9. The molecule has 0 bridgehead atoms. The van der Waals surface area contributed by atoms with Crippen LogP contribution >= 0.6 is 11.7 Å². The average molecular weight is 325 g/mol. The lowest BCUT2D eigenvalue weighted by Gasteiger charge is -2.12. The van der Waals surface area contributed by atoms with Gasteiger partial charge < -0.3 is 10.1 Å². The molecule has 3 rings (SSSR count). The molecule has 0 spiro atoms. The second-order valence-electron chi connectivity index (χ2n) is 4.86. The summed E-state index contributed by atoms with van der Waals surface area (Å²) in [4.78, 5) is 11.9. The summed E-state index contributed by atoms with van der Waals surface area (Å²) in [6.45, 7) is 0.864. The number of amides is 1. The first-order valence-corrected chi connectivity index (χ1v) is 7.86. The van der Waals surface area contributed by atoms with Crippen LogP contribution in [0.15, 0.2) is 60.8 Å². The van der Waals surface area contributed by atoms with Crippen molar-refractivity contribution in [3.8, 4) is 5.75 Å². The first-order chi connectivity index (χ1) is 11.3. The molecule has 0 atom stereocenters. The summed E-state index contributed by atoms with van der Waals surface area (Å²) in [7, 11) is 0. The topological polar surface area (TPSA) is 64.1 Å². The van der Waals surface area contributed by atoms with Gasteiger partial charge in [-0.3, -0.25) is 4.79 Å². The molecule has 3 aromatic rings. The summed E-state index contributed by atoms with van der Waals surface area (Å²) in [6.07, 6.45) is 1.46. The maximum Gasteiger partial charge on any atom is 0.272 e. The van der Waals surface area contributed by atoms with Crippen LogP contribution in [0.4, 0.5) is 0 Å². The lowest BCUT2D eigenvalue weighted by atomic mass is 10.2. The number of hydrogen-bond donors (Lipinski definition) is 1. The molecule has 5 nitrogen and oxygen atoms in total. The number of hydrogen-bond acceptors (Lipinski definition) is 5. The van der Waals surface area contributed by atoms with E-state index >= 15 is 0 Å². The third kappa shape index (κ3) is 4.14. The fourth-order valence-corrected chi connectivity index (χ4v) is 2.47. The average Bonchev–Trinajstić information content (AvgIpc) is 3.14. The van der Waals surface area contributed by atoms with Crippen molar-refractivity contribution in [2.24, 2.45) is 0 Å². The van der Waals surface area contributed by atoms with E-state index in [1.165, 1.54) is 6.20 Å². The van der Waals surface area contributed by atoms with E-state index in [2.05, 4.69) is 14.1 Å². The minimum absolute atomic E-state index is 0.239. The molecule has 0 radical (unpaired) electrons. The zero-order valence-corrected chi connectivity index (χ0v) is 13.1. The molecular weight excluding hydrogens is 310 g/mol. The van der Waals surface area contributed by atoms with Crippen LogP contribution in [0, 0.1) is 0 Å². The van der Waals surface area contributed by atoms with Gasteiger partial charge in [0.15, 0.2) is 5.69 Å². The van der Waals surface area contributed by atoms with Gasteiger partial charge >= 0.3 is 0 Å². The molecule has 2 aromatic carbocycles. The van der Waals surface area contributed by atoms with Gasteiger partial charge in [0.2, 0.25) is 0 Å². The lowest BCUT2D eigenvalue weighted by Crippen LogP contribution is -2.23. The van der Waals surface area contributed by atoms with Gasteiger partial charge in [0.05, 0.1) is 17.9 Å². The van der Waals surface area contributed by atoms with Crippen molar-refractivity contribution in [2.75, 3.05) is 0 Å². The van der Waals surface area contributed by atoms with E-state index in [-0.39, 0.29) is 5.91 Å². The predicted octanol–water partition coefficient (Wildman–Crippen LogP) is 3.05. The van der Waals surface area contributed by atoms with E-state index in [1.54, 1.807) is 0 Å². The van der Waals surface area contributed by atoms with E-state index < -0.39 is 0 Å². The molecule has 1 heterocycles. The van der Waals surface area contributed by atoms with Crippen molar-refractivity contribution >= 4 is 17.6 Å². The molecule has 0 aliphatic carbocycles. The van der Waals surface area contributed by atoms with Crippen molar-refractivity contribution in [1.29, 1.82) is 0 Å².